The first-order chi connectivity index (χ1) is 14.8. The van der Waals surface area contributed by atoms with Crippen molar-refractivity contribution in [2.24, 2.45) is 0 Å². The highest BCUT2D eigenvalue weighted by atomic mass is 32.2. The quantitative estimate of drug-likeness (QED) is 0.764. The fourth-order valence-corrected chi connectivity index (χ4v) is 5.26. The summed E-state index contributed by atoms with van der Waals surface area (Å²) in [5.74, 6) is 0.810. The molecule has 166 valence electrons. The van der Waals surface area contributed by atoms with Gasteiger partial charge in [0.15, 0.2) is 6.10 Å². The maximum absolute atomic E-state index is 13.2. The summed E-state index contributed by atoms with van der Waals surface area (Å²) >= 11 is 0. The molecule has 0 radical (unpaired) electrons. The Morgan fingerprint density at radius 1 is 1.10 bits per heavy atom. The van der Waals surface area contributed by atoms with Crippen molar-refractivity contribution in [2.45, 2.75) is 50.9 Å². The zero-order valence-corrected chi connectivity index (χ0v) is 18.8. The molecule has 7 nitrogen and oxygen atoms in total. The topological polar surface area (TPSA) is 84.9 Å². The van der Waals surface area contributed by atoms with Gasteiger partial charge in [0.2, 0.25) is 10.0 Å². The van der Waals surface area contributed by atoms with Crippen LogP contribution in [-0.2, 0) is 14.8 Å². The summed E-state index contributed by atoms with van der Waals surface area (Å²) < 4.78 is 38.2. The minimum Gasteiger partial charge on any atom is -0.487 e. The third kappa shape index (κ3) is 4.08. The van der Waals surface area contributed by atoms with Gasteiger partial charge in [-0.3, -0.25) is 9.10 Å². The molecular formula is C23H28N2O5S. The molecule has 0 aliphatic carbocycles. The maximum atomic E-state index is 13.2. The zero-order chi connectivity index (χ0) is 22.2. The molecule has 0 spiro atoms. The monoisotopic (exact) mass is 444 g/mol. The van der Waals surface area contributed by atoms with Crippen molar-refractivity contribution in [3.05, 3.63) is 54.1 Å². The van der Waals surface area contributed by atoms with Gasteiger partial charge in [0.05, 0.1) is 24.5 Å². The molecule has 2 atom stereocenters. The lowest BCUT2D eigenvalue weighted by Gasteiger charge is -2.42. The Labute approximate surface area is 183 Å². The number of fused-ring (bicyclic) bond motifs is 2. The normalized spacial score (nSPS) is 21.8. The summed E-state index contributed by atoms with van der Waals surface area (Å²) in [6.45, 7) is 4.10. The number of ether oxygens (including phenoxy) is 2. The maximum Gasteiger partial charge on any atom is 0.263 e. The van der Waals surface area contributed by atoms with Gasteiger partial charge in [0.25, 0.3) is 5.91 Å². The first-order valence-corrected chi connectivity index (χ1v) is 12.4. The summed E-state index contributed by atoms with van der Waals surface area (Å²) in [5.41, 5.74) is 1.01. The number of carbonyl (C=O) groups is 1. The minimum atomic E-state index is -3.56. The van der Waals surface area contributed by atoms with Gasteiger partial charge >= 0.3 is 0 Å². The Kier molecular flexibility index (Phi) is 5.60. The lowest BCUT2D eigenvalue weighted by atomic mass is 9.83. The molecule has 2 aliphatic heterocycles. The molecule has 0 fully saturated rings. The second-order valence-electron chi connectivity index (χ2n) is 8.16. The average molecular weight is 445 g/mol. The van der Waals surface area contributed by atoms with Gasteiger partial charge < -0.3 is 14.8 Å². The smallest absolute Gasteiger partial charge is 0.263 e. The largest absolute Gasteiger partial charge is 0.487 e. The summed E-state index contributed by atoms with van der Waals surface area (Å²) in [5, 5.41) is 3.11. The first-order valence-electron chi connectivity index (χ1n) is 10.6. The van der Waals surface area contributed by atoms with E-state index in [-0.39, 0.29) is 24.1 Å². The average Bonchev–Trinajstić information content (AvgIpc) is 2.77. The van der Waals surface area contributed by atoms with E-state index in [0.717, 1.165) is 30.4 Å². The highest BCUT2D eigenvalue weighted by molar-refractivity contribution is 7.92. The number of benzene rings is 2. The Hall–Kier alpha value is -2.74. The lowest BCUT2D eigenvalue weighted by molar-refractivity contribution is -0.129. The molecule has 0 unspecified atom stereocenters. The van der Waals surface area contributed by atoms with Crippen LogP contribution >= 0.6 is 0 Å². The van der Waals surface area contributed by atoms with Crippen molar-refractivity contribution in [3.8, 4) is 11.5 Å². The molecule has 1 N–H and O–H groups in total. The molecule has 2 aromatic rings. The zero-order valence-electron chi connectivity index (χ0n) is 18.0. The molecule has 1 amide bonds. The Balaban J connectivity index is 1.61. The molecule has 2 aromatic carbocycles. The van der Waals surface area contributed by atoms with E-state index in [2.05, 4.69) is 19.2 Å². The number of hydrogen-bond donors (Lipinski definition) is 1. The minimum absolute atomic E-state index is 0.0702. The number of amides is 1. The Morgan fingerprint density at radius 2 is 1.74 bits per heavy atom. The molecule has 2 heterocycles. The predicted molar refractivity (Wildman–Crippen MR) is 119 cm³/mol. The second-order valence-corrected chi connectivity index (χ2v) is 10.1. The van der Waals surface area contributed by atoms with Gasteiger partial charge in [0, 0.05) is 12.0 Å². The van der Waals surface area contributed by atoms with Crippen LogP contribution in [0.3, 0.4) is 0 Å². The van der Waals surface area contributed by atoms with Gasteiger partial charge in [-0.2, -0.15) is 0 Å². The predicted octanol–water partition coefficient (Wildman–Crippen LogP) is 3.41. The van der Waals surface area contributed by atoms with Crippen LogP contribution < -0.4 is 19.1 Å². The van der Waals surface area contributed by atoms with E-state index in [4.69, 9.17) is 9.47 Å². The molecular weight excluding hydrogens is 416 g/mol. The number of nitrogens with zero attached hydrogens (tertiary/aromatic N) is 1. The summed E-state index contributed by atoms with van der Waals surface area (Å²) in [4.78, 5) is 13.2. The number of anilines is 1. The van der Waals surface area contributed by atoms with Crippen molar-refractivity contribution < 1.29 is 22.7 Å². The van der Waals surface area contributed by atoms with Crippen LogP contribution in [0.2, 0.25) is 0 Å². The van der Waals surface area contributed by atoms with Crippen LogP contribution in [0.1, 0.15) is 44.7 Å². The molecule has 8 heteroatoms. The van der Waals surface area contributed by atoms with E-state index in [1.165, 1.54) is 4.31 Å². The first kappa shape index (κ1) is 21.5. The molecule has 0 saturated heterocycles. The third-order valence-corrected chi connectivity index (χ3v) is 7.38. The van der Waals surface area contributed by atoms with E-state index in [1.54, 1.807) is 24.3 Å². The van der Waals surface area contributed by atoms with Crippen molar-refractivity contribution in [1.29, 1.82) is 0 Å². The number of hydrogen-bond acceptors (Lipinski definition) is 5. The van der Waals surface area contributed by atoms with E-state index >= 15 is 0 Å². The molecule has 0 aromatic heterocycles. The van der Waals surface area contributed by atoms with Crippen molar-refractivity contribution >= 4 is 21.6 Å². The van der Waals surface area contributed by atoms with Gasteiger partial charge in [-0.1, -0.05) is 44.2 Å². The number of para-hydroxylation sites is 3. The third-order valence-electron chi connectivity index (χ3n) is 6.23. The Bertz CT molecular complexity index is 1080. The van der Waals surface area contributed by atoms with E-state index in [9.17, 15) is 13.2 Å². The van der Waals surface area contributed by atoms with Crippen LogP contribution in [0, 0.1) is 0 Å². The van der Waals surface area contributed by atoms with Gasteiger partial charge in [-0.25, -0.2) is 8.42 Å². The van der Waals surface area contributed by atoms with Crippen LogP contribution in [0.15, 0.2) is 48.5 Å². The highest BCUT2D eigenvalue weighted by Gasteiger charge is 2.41. The molecule has 2 aliphatic rings. The summed E-state index contributed by atoms with van der Waals surface area (Å²) in [6.07, 6.45) is 2.47. The van der Waals surface area contributed by atoms with Crippen LogP contribution in [0.4, 0.5) is 5.69 Å². The van der Waals surface area contributed by atoms with Crippen LogP contribution in [0.25, 0.3) is 0 Å². The number of carbonyl (C=O) groups excluding carboxylic acids is 1. The number of sulfonamides is 1. The second kappa shape index (κ2) is 8.07. The van der Waals surface area contributed by atoms with Gasteiger partial charge in [-0.15, -0.1) is 0 Å². The van der Waals surface area contributed by atoms with Crippen molar-refractivity contribution in [2.75, 3.05) is 17.1 Å². The number of nitrogens with one attached hydrogen (secondary N) is 1. The highest BCUT2D eigenvalue weighted by Crippen LogP contribution is 2.43. The van der Waals surface area contributed by atoms with Crippen LogP contribution in [-0.4, -0.2) is 38.8 Å². The molecule has 4 rings (SSSR count). The molecule has 0 bridgehead atoms. The fraction of sp³-hybridized carbons (Fsp3) is 0.435. The number of rotatable bonds is 5. The van der Waals surface area contributed by atoms with E-state index in [0.29, 0.717) is 17.9 Å². The van der Waals surface area contributed by atoms with Crippen molar-refractivity contribution in [1.82, 2.24) is 5.32 Å². The summed E-state index contributed by atoms with van der Waals surface area (Å²) in [6, 6.07) is 14.3. The van der Waals surface area contributed by atoms with Crippen LogP contribution in [0.5, 0.6) is 11.5 Å². The molecule has 31 heavy (non-hydrogen) atoms. The lowest BCUT2D eigenvalue weighted by Crippen LogP contribution is -2.52. The fourth-order valence-electron chi connectivity index (χ4n) is 4.35. The van der Waals surface area contributed by atoms with E-state index < -0.39 is 16.1 Å². The summed E-state index contributed by atoms with van der Waals surface area (Å²) in [7, 11) is -3.56. The SMILES string of the molecule is CCC1(CC)C[C@H](NC(=O)[C@@H]2CN(S(C)(=O)=O)c3ccccc3O2)c2ccccc2O1. The van der Waals surface area contributed by atoms with E-state index in [1.807, 2.05) is 24.3 Å². The standard InChI is InChI=1S/C23H28N2O5S/c1-4-23(5-2)14-17(16-10-6-8-12-19(16)30-23)24-22(26)21-15-25(31(3,27)28)18-11-7-9-13-20(18)29-21/h6-13,17,21H,4-5,14-15H2,1-3H3,(H,24,26)/t17-,21-/m0/s1. The van der Waals surface area contributed by atoms with Gasteiger partial charge in [-0.05, 0) is 31.0 Å². The van der Waals surface area contributed by atoms with Gasteiger partial charge in [0.1, 0.15) is 17.1 Å². The van der Waals surface area contributed by atoms with Crippen molar-refractivity contribution in [3.63, 3.8) is 0 Å². The molecule has 0 saturated carbocycles. The Morgan fingerprint density at radius 3 is 2.42 bits per heavy atom.